The monoisotopic (exact) mass is 343 g/mol. The Kier molecular flexibility index (Phi) is 4.95. The molecule has 0 saturated carbocycles. The zero-order chi connectivity index (χ0) is 18.1. The van der Waals surface area contributed by atoms with Crippen molar-refractivity contribution in [3.8, 4) is 0 Å². The summed E-state index contributed by atoms with van der Waals surface area (Å²) < 4.78 is 16.1. The Morgan fingerprint density at radius 1 is 1.20 bits per heavy atom. The van der Waals surface area contributed by atoms with Gasteiger partial charge in [-0.25, -0.2) is 0 Å². The lowest BCUT2D eigenvalue weighted by Crippen LogP contribution is -2.32. The summed E-state index contributed by atoms with van der Waals surface area (Å²) in [5, 5.41) is 5.36. The Balaban J connectivity index is 2.17. The maximum atomic E-state index is 13.9. The standard InChI is InChI=1S/C20H26FN3O/c1-5-14(6-2)22-11-12(3)24-18-9-15(25)7-8-16(18)17-10-19(21)23-13(4)20(17)24/h7-10,12,14,22-23H,5-6,11H2,1-4H3. The van der Waals surface area contributed by atoms with Crippen LogP contribution in [0.1, 0.15) is 45.3 Å². The van der Waals surface area contributed by atoms with Gasteiger partial charge in [0.2, 0.25) is 0 Å². The predicted octanol–water partition coefficient (Wildman–Crippen LogP) is 4.27. The Hall–Kier alpha value is -2.14. The van der Waals surface area contributed by atoms with Gasteiger partial charge in [0.1, 0.15) is 0 Å². The summed E-state index contributed by atoms with van der Waals surface area (Å²) in [5.74, 6) is -0.363. The van der Waals surface area contributed by atoms with Crippen molar-refractivity contribution >= 4 is 21.8 Å². The van der Waals surface area contributed by atoms with Gasteiger partial charge in [-0.2, -0.15) is 4.39 Å². The first-order chi connectivity index (χ1) is 12.0. The molecule has 134 valence electrons. The quantitative estimate of drug-likeness (QED) is 0.657. The molecular formula is C20H26FN3O. The molecule has 0 aliphatic carbocycles. The molecule has 1 atom stereocenters. The van der Waals surface area contributed by atoms with E-state index in [1.54, 1.807) is 18.2 Å². The van der Waals surface area contributed by atoms with Crippen molar-refractivity contribution in [1.29, 1.82) is 0 Å². The molecule has 0 fully saturated rings. The van der Waals surface area contributed by atoms with Gasteiger partial charge in [0.15, 0.2) is 11.4 Å². The summed E-state index contributed by atoms with van der Waals surface area (Å²) in [5.41, 5.74) is 2.57. The number of benzene rings is 1. The molecule has 0 amide bonds. The van der Waals surface area contributed by atoms with Crippen LogP contribution < -0.4 is 10.7 Å². The zero-order valence-electron chi connectivity index (χ0n) is 15.3. The smallest absolute Gasteiger partial charge is 0.191 e. The highest BCUT2D eigenvalue weighted by molar-refractivity contribution is 6.08. The van der Waals surface area contributed by atoms with Gasteiger partial charge in [0.05, 0.1) is 11.0 Å². The van der Waals surface area contributed by atoms with Crippen LogP contribution in [0.2, 0.25) is 0 Å². The maximum absolute atomic E-state index is 13.9. The molecule has 3 aromatic rings. The lowest BCUT2D eigenvalue weighted by Gasteiger charge is -2.22. The van der Waals surface area contributed by atoms with Crippen LogP contribution >= 0.6 is 0 Å². The average molecular weight is 343 g/mol. The number of rotatable bonds is 6. The second-order valence-corrected chi connectivity index (χ2v) is 6.82. The Morgan fingerprint density at radius 2 is 1.92 bits per heavy atom. The SMILES string of the molecule is CCC(CC)NCC(C)n1c2cc(=O)ccc2c2cc(F)[nH]c(C)c21. The summed E-state index contributed by atoms with van der Waals surface area (Å²) in [6.45, 7) is 9.16. The first kappa shape index (κ1) is 17.7. The highest BCUT2D eigenvalue weighted by Crippen LogP contribution is 2.32. The summed E-state index contributed by atoms with van der Waals surface area (Å²) in [6, 6.07) is 7.14. The largest absolute Gasteiger partial charge is 0.335 e. The first-order valence-corrected chi connectivity index (χ1v) is 9.02. The number of hydrogen-bond donors (Lipinski definition) is 2. The van der Waals surface area contributed by atoms with E-state index in [0.29, 0.717) is 6.04 Å². The molecule has 25 heavy (non-hydrogen) atoms. The lowest BCUT2D eigenvalue weighted by atomic mass is 10.1. The third kappa shape index (κ3) is 3.21. The van der Waals surface area contributed by atoms with Crippen LogP contribution in [0.4, 0.5) is 4.39 Å². The van der Waals surface area contributed by atoms with Gasteiger partial charge in [0, 0.05) is 47.2 Å². The van der Waals surface area contributed by atoms with Gasteiger partial charge >= 0.3 is 0 Å². The predicted molar refractivity (Wildman–Crippen MR) is 102 cm³/mol. The molecule has 0 aliphatic heterocycles. The Labute approximate surface area is 147 Å². The molecular weight excluding hydrogens is 317 g/mol. The van der Waals surface area contributed by atoms with Crippen LogP contribution in [0.15, 0.2) is 29.1 Å². The summed E-state index contributed by atoms with van der Waals surface area (Å²) >= 11 is 0. The number of nitrogens with one attached hydrogen (secondary N) is 2. The summed E-state index contributed by atoms with van der Waals surface area (Å²) in [4.78, 5) is 14.7. The molecule has 1 aromatic carbocycles. The van der Waals surface area contributed by atoms with Crippen LogP contribution in [0.3, 0.4) is 0 Å². The molecule has 2 aromatic heterocycles. The van der Waals surface area contributed by atoms with E-state index in [1.165, 1.54) is 6.07 Å². The van der Waals surface area contributed by atoms with Crippen molar-refractivity contribution < 1.29 is 4.39 Å². The molecule has 1 unspecified atom stereocenters. The minimum absolute atomic E-state index is 0.0289. The van der Waals surface area contributed by atoms with Crippen LogP contribution in [0, 0.1) is 12.9 Å². The van der Waals surface area contributed by atoms with E-state index in [1.807, 2.05) is 6.92 Å². The minimum atomic E-state index is -0.363. The van der Waals surface area contributed by atoms with Crippen molar-refractivity contribution in [2.45, 2.75) is 52.6 Å². The molecule has 2 N–H and O–H groups in total. The first-order valence-electron chi connectivity index (χ1n) is 9.02. The van der Waals surface area contributed by atoms with E-state index in [2.05, 4.69) is 35.6 Å². The highest BCUT2D eigenvalue weighted by atomic mass is 19.1. The van der Waals surface area contributed by atoms with Crippen molar-refractivity contribution in [3.05, 3.63) is 46.1 Å². The number of aromatic nitrogens is 2. The van der Waals surface area contributed by atoms with E-state index >= 15 is 0 Å². The zero-order valence-corrected chi connectivity index (χ0v) is 15.3. The third-order valence-corrected chi connectivity index (χ3v) is 5.08. The van der Waals surface area contributed by atoms with E-state index in [0.717, 1.165) is 46.9 Å². The molecule has 0 radical (unpaired) electrons. The van der Waals surface area contributed by atoms with Crippen LogP contribution in [0.25, 0.3) is 21.8 Å². The van der Waals surface area contributed by atoms with Crippen molar-refractivity contribution in [2.24, 2.45) is 0 Å². The molecule has 5 heteroatoms. The number of halogens is 1. The Morgan fingerprint density at radius 3 is 2.60 bits per heavy atom. The summed E-state index contributed by atoms with van der Waals surface area (Å²) in [7, 11) is 0. The number of hydrogen-bond acceptors (Lipinski definition) is 2. The van der Waals surface area contributed by atoms with Gasteiger partial charge in [-0.15, -0.1) is 0 Å². The highest BCUT2D eigenvalue weighted by Gasteiger charge is 2.19. The van der Waals surface area contributed by atoms with E-state index in [4.69, 9.17) is 0 Å². The molecule has 0 saturated heterocycles. The lowest BCUT2D eigenvalue weighted by molar-refractivity contribution is 0.430. The van der Waals surface area contributed by atoms with Crippen molar-refractivity contribution in [1.82, 2.24) is 14.9 Å². The number of H-pyrrole nitrogens is 1. The molecule has 4 nitrogen and oxygen atoms in total. The molecule has 3 rings (SSSR count). The molecule has 0 spiro atoms. The minimum Gasteiger partial charge on any atom is -0.335 e. The van der Waals surface area contributed by atoms with Crippen LogP contribution in [0.5, 0.6) is 0 Å². The summed E-state index contributed by atoms with van der Waals surface area (Å²) in [6.07, 6.45) is 2.16. The number of aryl methyl sites for hydroxylation is 1. The van der Waals surface area contributed by atoms with Crippen LogP contribution in [-0.2, 0) is 0 Å². The fourth-order valence-corrected chi connectivity index (χ4v) is 3.71. The van der Waals surface area contributed by atoms with E-state index < -0.39 is 0 Å². The van der Waals surface area contributed by atoms with E-state index in [-0.39, 0.29) is 17.4 Å². The molecule has 0 bridgehead atoms. The number of pyridine rings is 1. The van der Waals surface area contributed by atoms with E-state index in [9.17, 15) is 9.18 Å². The second-order valence-electron chi connectivity index (χ2n) is 6.82. The number of fused-ring (bicyclic) bond motifs is 3. The molecule has 0 aliphatic rings. The van der Waals surface area contributed by atoms with Gasteiger partial charge in [-0.3, -0.25) is 4.79 Å². The number of aromatic amines is 1. The normalized spacial score (nSPS) is 13.2. The van der Waals surface area contributed by atoms with Gasteiger partial charge in [0.25, 0.3) is 0 Å². The van der Waals surface area contributed by atoms with Gasteiger partial charge in [-0.1, -0.05) is 13.8 Å². The third-order valence-electron chi connectivity index (χ3n) is 5.08. The Bertz CT molecular complexity index is 953. The fraction of sp³-hybridized carbons (Fsp3) is 0.450. The average Bonchev–Trinajstić information content (AvgIpc) is 2.89. The van der Waals surface area contributed by atoms with Crippen LogP contribution in [-0.4, -0.2) is 22.1 Å². The van der Waals surface area contributed by atoms with Crippen molar-refractivity contribution in [2.75, 3.05) is 6.54 Å². The number of nitrogens with zero attached hydrogens (tertiary/aromatic N) is 1. The van der Waals surface area contributed by atoms with Crippen molar-refractivity contribution in [3.63, 3.8) is 0 Å². The second kappa shape index (κ2) is 7.00. The molecule has 2 heterocycles. The maximum Gasteiger partial charge on any atom is 0.191 e. The topological polar surface area (TPSA) is 49.8 Å². The van der Waals surface area contributed by atoms with Gasteiger partial charge < -0.3 is 14.9 Å². The van der Waals surface area contributed by atoms with Gasteiger partial charge in [-0.05, 0) is 38.8 Å². The fourth-order valence-electron chi connectivity index (χ4n) is 3.71.